The predicted molar refractivity (Wildman–Crippen MR) is 75.6 cm³/mol. The molecule has 3 N–H and O–H groups in total. The minimum absolute atomic E-state index is 0.167. The fourth-order valence-corrected chi connectivity index (χ4v) is 1.65. The normalized spacial score (nSPS) is 10.1. The van der Waals surface area contributed by atoms with Gasteiger partial charge >= 0.3 is 0 Å². The summed E-state index contributed by atoms with van der Waals surface area (Å²) < 4.78 is 0. The van der Waals surface area contributed by atoms with E-state index in [2.05, 4.69) is 20.6 Å². The summed E-state index contributed by atoms with van der Waals surface area (Å²) in [5.74, 6) is -0.0807. The maximum Gasteiger partial charge on any atom is 0.251 e. The summed E-state index contributed by atoms with van der Waals surface area (Å²) in [6, 6.07) is 6.53. The number of aromatic nitrogens is 2. The van der Waals surface area contributed by atoms with Crippen LogP contribution in [-0.2, 0) is 4.79 Å². The van der Waals surface area contributed by atoms with Crippen molar-refractivity contribution < 1.29 is 9.59 Å². The van der Waals surface area contributed by atoms with Crippen molar-refractivity contribution in [2.75, 3.05) is 11.9 Å². The van der Waals surface area contributed by atoms with E-state index in [4.69, 9.17) is 11.6 Å². The number of carbonyl (C=O) groups excluding carboxylic acids is 2. The highest BCUT2D eigenvalue weighted by Gasteiger charge is 2.07. The average Bonchev–Trinajstić information content (AvgIpc) is 2.92. The molecular formula is C13H13ClN4O2. The number of nitrogens with one attached hydrogen (secondary N) is 3. The molecule has 0 fully saturated rings. The summed E-state index contributed by atoms with van der Waals surface area (Å²) in [5.41, 5.74) is 0.501. The smallest absolute Gasteiger partial charge is 0.251 e. The van der Waals surface area contributed by atoms with Crippen LogP contribution in [-0.4, -0.2) is 28.3 Å². The third-order valence-corrected chi connectivity index (χ3v) is 2.75. The van der Waals surface area contributed by atoms with Crippen LogP contribution in [0.1, 0.15) is 16.8 Å². The Labute approximate surface area is 120 Å². The topological polar surface area (TPSA) is 86.9 Å². The minimum atomic E-state index is -0.243. The van der Waals surface area contributed by atoms with Crippen molar-refractivity contribution in [1.82, 2.24) is 15.3 Å². The van der Waals surface area contributed by atoms with Gasteiger partial charge in [0.2, 0.25) is 11.9 Å². The summed E-state index contributed by atoms with van der Waals surface area (Å²) in [7, 11) is 0. The molecule has 0 radical (unpaired) electrons. The lowest BCUT2D eigenvalue weighted by Crippen LogP contribution is -2.27. The molecule has 104 valence electrons. The SMILES string of the molecule is O=C(CCNC(=O)c1ccc(Cl)cc1)Nc1ncc[nH]1. The number of benzene rings is 1. The highest BCUT2D eigenvalue weighted by Crippen LogP contribution is 2.09. The number of halogens is 1. The van der Waals surface area contributed by atoms with Crippen molar-refractivity contribution >= 4 is 29.4 Å². The van der Waals surface area contributed by atoms with Crippen LogP contribution in [0.2, 0.25) is 5.02 Å². The Morgan fingerprint density at radius 2 is 2.00 bits per heavy atom. The molecule has 2 rings (SSSR count). The number of amides is 2. The predicted octanol–water partition coefficient (Wildman–Crippen LogP) is 1.82. The monoisotopic (exact) mass is 292 g/mol. The number of hydrogen-bond acceptors (Lipinski definition) is 3. The van der Waals surface area contributed by atoms with Gasteiger partial charge in [-0.05, 0) is 24.3 Å². The number of hydrogen-bond donors (Lipinski definition) is 3. The van der Waals surface area contributed by atoms with Crippen LogP contribution in [0, 0.1) is 0 Å². The average molecular weight is 293 g/mol. The van der Waals surface area contributed by atoms with Crippen LogP contribution in [0.5, 0.6) is 0 Å². The van der Waals surface area contributed by atoms with Crippen LogP contribution >= 0.6 is 11.6 Å². The van der Waals surface area contributed by atoms with E-state index in [1.165, 1.54) is 6.20 Å². The van der Waals surface area contributed by atoms with E-state index >= 15 is 0 Å². The Bertz CT molecular complexity index is 581. The van der Waals surface area contributed by atoms with Gasteiger partial charge in [-0.2, -0.15) is 0 Å². The molecular weight excluding hydrogens is 280 g/mol. The molecule has 20 heavy (non-hydrogen) atoms. The third-order valence-electron chi connectivity index (χ3n) is 2.50. The zero-order valence-electron chi connectivity index (χ0n) is 10.5. The number of imidazole rings is 1. The van der Waals surface area contributed by atoms with Gasteiger partial charge in [-0.25, -0.2) is 4.98 Å². The molecule has 0 saturated heterocycles. The summed E-state index contributed by atoms with van der Waals surface area (Å²) in [6.45, 7) is 0.244. The second kappa shape index (κ2) is 6.72. The number of rotatable bonds is 5. The van der Waals surface area contributed by atoms with Gasteiger partial charge in [0.25, 0.3) is 5.91 Å². The van der Waals surface area contributed by atoms with E-state index in [0.29, 0.717) is 16.5 Å². The molecule has 1 aromatic carbocycles. The number of nitrogens with zero attached hydrogens (tertiary/aromatic N) is 1. The standard InChI is InChI=1S/C13H13ClN4O2/c14-10-3-1-9(2-4-10)12(20)15-6-5-11(19)18-13-16-7-8-17-13/h1-4,7-8H,5-6H2,(H,15,20)(H2,16,17,18,19). The van der Waals surface area contributed by atoms with Crippen molar-refractivity contribution in [2.45, 2.75) is 6.42 Å². The summed E-state index contributed by atoms with van der Waals surface area (Å²) in [5, 5.41) is 5.79. The molecule has 2 aromatic rings. The first-order chi connectivity index (χ1) is 9.65. The van der Waals surface area contributed by atoms with E-state index in [1.54, 1.807) is 30.5 Å². The van der Waals surface area contributed by atoms with Gasteiger partial charge in [0.05, 0.1) is 0 Å². The zero-order valence-corrected chi connectivity index (χ0v) is 11.3. The van der Waals surface area contributed by atoms with Crippen LogP contribution in [0.25, 0.3) is 0 Å². The second-order valence-corrected chi connectivity index (χ2v) is 4.44. The van der Waals surface area contributed by atoms with Gasteiger partial charge in [0.1, 0.15) is 0 Å². The molecule has 2 amide bonds. The molecule has 6 nitrogen and oxygen atoms in total. The van der Waals surface area contributed by atoms with Gasteiger partial charge < -0.3 is 10.3 Å². The molecule has 1 heterocycles. The summed E-state index contributed by atoms with van der Waals surface area (Å²) >= 11 is 5.74. The molecule has 0 bridgehead atoms. The molecule has 1 aromatic heterocycles. The van der Waals surface area contributed by atoms with Crippen molar-refractivity contribution in [1.29, 1.82) is 0 Å². The Hall–Kier alpha value is -2.34. The third kappa shape index (κ3) is 4.10. The Morgan fingerprint density at radius 3 is 2.65 bits per heavy atom. The molecule has 0 aliphatic carbocycles. The highest BCUT2D eigenvalue weighted by molar-refractivity contribution is 6.30. The van der Waals surface area contributed by atoms with E-state index in [9.17, 15) is 9.59 Å². The van der Waals surface area contributed by atoms with E-state index < -0.39 is 0 Å². The van der Waals surface area contributed by atoms with Gasteiger partial charge in [-0.3, -0.25) is 14.9 Å². The van der Waals surface area contributed by atoms with Crippen molar-refractivity contribution in [2.24, 2.45) is 0 Å². The van der Waals surface area contributed by atoms with E-state index in [0.717, 1.165) is 0 Å². The summed E-state index contributed by atoms with van der Waals surface area (Å²) in [4.78, 5) is 29.9. The first-order valence-electron chi connectivity index (χ1n) is 5.98. The summed E-state index contributed by atoms with van der Waals surface area (Å²) in [6.07, 6.45) is 3.32. The molecule has 0 atom stereocenters. The number of anilines is 1. The van der Waals surface area contributed by atoms with Crippen LogP contribution < -0.4 is 10.6 Å². The van der Waals surface area contributed by atoms with E-state index in [-0.39, 0.29) is 24.8 Å². The van der Waals surface area contributed by atoms with Crippen molar-refractivity contribution in [3.05, 3.63) is 47.2 Å². The highest BCUT2D eigenvalue weighted by atomic mass is 35.5. The Kier molecular flexibility index (Phi) is 4.73. The fraction of sp³-hybridized carbons (Fsp3) is 0.154. The largest absolute Gasteiger partial charge is 0.352 e. The molecule has 7 heteroatoms. The lowest BCUT2D eigenvalue weighted by molar-refractivity contribution is -0.116. The maximum atomic E-state index is 11.8. The lowest BCUT2D eigenvalue weighted by atomic mass is 10.2. The maximum absolute atomic E-state index is 11.8. The molecule has 0 unspecified atom stereocenters. The van der Waals surface area contributed by atoms with E-state index in [1.807, 2.05) is 0 Å². The van der Waals surface area contributed by atoms with Crippen LogP contribution in [0.4, 0.5) is 5.95 Å². The molecule has 0 aliphatic rings. The molecule has 0 spiro atoms. The first-order valence-corrected chi connectivity index (χ1v) is 6.36. The van der Waals surface area contributed by atoms with Crippen LogP contribution in [0.3, 0.4) is 0 Å². The molecule has 0 saturated carbocycles. The lowest BCUT2D eigenvalue weighted by Gasteiger charge is -2.05. The van der Waals surface area contributed by atoms with Gasteiger partial charge in [-0.15, -0.1) is 0 Å². The van der Waals surface area contributed by atoms with Gasteiger partial charge in [0.15, 0.2) is 0 Å². The van der Waals surface area contributed by atoms with Crippen LogP contribution in [0.15, 0.2) is 36.7 Å². The number of aromatic amines is 1. The fourth-order valence-electron chi connectivity index (χ4n) is 1.52. The quantitative estimate of drug-likeness (QED) is 0.785. The van der Waals surface area contributed by atoms with Crippen molar-refractivity contribution in [3.63, 3.8) is 0 Å². The second-order valence-electron chi connectivity index (χ2n) is 4.00. The zero-order chi connectivity index (χ0) is 14.4. The van der Waals surface area contributed by atoms with Crippen molar-refractivity contribution in [3.8, 4) is 0 Å². The Balaban J connectivity index is 1.74. The number of H-pyrrole nitrogens is 1. The first kappa shape index (κ1) is 14.1. The Morgan fingerprint density at radius 1 is 1.25 bits per heavy atom. The number of carbonyl (C=O) groups is 2. The van der Waals surface area contributed by atoms with Gasteiger partial charge in [-0.1, -0.05) is 11.6 Å². The minimum Gasteiger partial charge on any atom is -0.352 e. The molecule has 0 aliphatic heterocycles. The van der Waals surface area contributed by atoms with Gasteiger partial charge in [0, 0.05) is 35.9 Å².